The van der Waals surface area contributed by atoms with Crippen molar-refractivity contribution in [2.24, 2.45) is 0 Å². The molecule has 0 amide bonds. The van der Waals surface area contributed by atoms with Gasteiger partial charge in [0.2, 0.25) is 0 Å². The molecular weight excluding hydrogens is 232 g/mol. The SMILES string of the molecule is CCCNCC1CCCCN1Cc1ccc(C)cc1. The second kappa shape index (κ2) is 7.66. The molecular formula is C17H28N2. The zero-order chi connectivity index (χ0) is 13.5. The van der Waals surface area contributed by atoms with Crippen LogP contribution in [0.2, 0.25) is 0 Å². The van der Waals surface area contributed by atoms with Crippen LogP contribution in [0.1, 0.15) is 43.7 Å². The first kappa shape index (κ1) is 14.5. The van der Waals surface area contributed by atoms with Crippen LogP contribution in [0.3, 0.4) is 0 Å². The third-order valence-corrected chi connectivity index (χ3v) is 4.06. The number of hydrogen-bond donors (Lipinski definition) is 1. The van der Waals surface area contributed by atoms with Crippen LogP contribution in [0.25, 0.3) is 0 Å². The topological polar surface area (TPSA) is 15.3 Å². The van der Waals surface area contributed by atoms with Gasteiger partial charge in [-0.05, 0) is 44.8 Å². The minimum Gasteiger partial charge on any atom is -0.315 e. The van der Waals surface area contributed by atoms with E-state index in [1.165, 1.54) is 43.4 Å². The van der Waals surface area contributed by atoms with E-state index >= 15 is 0 Å². The number of nitrogens with zero attached hydrogens (tertiary/aromatic N) is 1. The first-order valence-electron chi connectivity index (χ1n) is 7.80. The van der Waals surface area contributed by atoms with Crippen molar-refractivity contribution in [3.63, 3.8) is 0 Å². The van der Waals surface area contributed by atoms with E-state index in [1.54, 1.807) is 0 Å². The van der Waals surface area contributed by atoms with Gasteiger partial charge in [-0.2, -0.15) is 0 Å². The molecule has 0 aliphatic carbocycles. The Labute approximate surface area is 118 Å². The number of nitrogens with one attached hydrogen (secondary N) is 1. The molecule has 0 aromatic heterocycles. The van der Waals surface area contributed by atoms with Crippen molar-refractivity contribution in [2.75, 3.05) is 19.6 Å². The third kappa shape index (κ3) is 4.63. The molecule has 1 heterocycles. The van der Waals surface area contributed by atoms with Crippen LogP contribution in [0.4, 0.5) is 0 Å². The van der Waals surface area contributed by atoms with Gasteiger partial charge in [-0.25, -0.2) is 0 Å². The van der Waals surface area contributed by atoms with E-state index in [1.807, 2.05) is 0 Å². The number of benzene rings is 1. The van der Waals surface area contributed by atoms with Gasteiger partial charge in [-0.15, -0.1) is 0 Å². The Kier molecular flexibility index (Phi) is 5.87. The van der Waals surface area contributed by atoms with Gasteiger partial charge in [0.1, 0.15) is 0 Å². The van der Waals surface area contributed by atoms with E-state index in [0.717, 1.165) is 25.7 Å². The Morgan fingerprint density at radius 1 is 1.21 bits per heavy atom. The highest BCUT2D eigenvalue weighted by Gasteiger charge is 2.21. The van der Waals surface area contributed by atoms with Gasteiger partial charge in [0.05, 0.1) is 0 Å². The van der Waals surface area contributed by atoms with Gasteiger partial charge in [0.15, 0.2) is 0 Å². The fourth-order valence-electron chi connectivity index (χ4n) is 2.87. The molecule has 0 spiro atoms. The van der Waals surface area contributed by atoms with Crippen LogP contribution in [0.5, 0.6) is 0 Å². The summed E-state index contributed by atoms with van der Waals surface area (Å²) in [5.74, 6) is 0. The lowest BCUT2D eigenvalue weighted by molar-refractivity contribution is 0.137. The van der Waals surface area contributed by atoms with E-state index < -0.39 is 0 Å². The second-order valence-corrected chi connectivity index (χ2v) is 5.81. The second-order valence-electron chi connectivity index (χ2n) is 5.81. The van der Waals surface area contributed by atoms with Crippen LogP contribution in [0, 0.1) is 6.92 Å². The molecule has 2 heteroatoms. The Bertz CT molecular complexity index is 358. The summed E-state index contributed by atoms with van der Waals surface area (Å²) >= 11 is 0. The van der Waals surface area contributed by atoms with Crippen LogP contribution in [-0.2, 0) is 6.54 Å². The molecule has 1 fully saturated rings. The van der Waals surface area contributed by atoms with E-state index in [-0.39, 0.29) is 0 Å². The Hall–Kier alpha value is -0.860. The normalized spacial score (nSPS) is 20.6. The van der Waals surface area contributed by atoms with Crippen molar-refractivity contribution in [2.45, 2.75) is 52.1 Å². The number of rotatable bonds is 6. The quantitative estimate of drug-likeness (QED) is 0.789. The maximum atomic E-state index is 3.59. The molecule has 1 unspecified atom stereocenters. The largest absolute Gasteiger partial charge is 0.315 e. The summed E-state index contributed by atoms with van der Waals surface area (Å²) in [7, 11) is 0. The molecule has 2 rings (SSSR count). The van der Waals surface area contributed by atoms with Crippen LogP contribution in [-0.4, -0.2) is 30.6 Å². The third-order valence-electron chi connectivity index (χ3n) is 4.06. The highest BCUT2D eigenvalue weighted by atomic mass is 15.2. The molecule has 0 radical (unpaired) electrons. The van der Waals surface area contributed by atoms with Crippen LogP contribution >= 0.6 is 0 Å². The molecule has 1 saturated heterocycles. The summed E-state index contributed by atoms with van der Waals surface area (Å²) < 4.78 is 0. The average molecular weight is 260 g/mol. The summed E-state index contributed by atoms with van der Waals surface area (Å²) in [4.78, 5) is 2.66. The summed E-state index contributed by atoms with van der Waals surface area (Å²) in [6.07, 6.45) is 5.33. The van der Waals surface area contributed by atoms with E-state index in [2.05, 4.69) is 48.3 Å². The monoisotopic (exact) mass is 260 g/mol. The van der Waals surface area contributed by atoms with Gasteiger partial charge in [-0.1, -0.05) is 43.2 Å². The number of piperidine rings is 1. The fourth-order valence-corrected chi connectivity index (χ4v) is 2.87. The molecule has 1 N–H and O–H groups in total. The minimum absolute atomic E-state index is 0.724. The lowest BCUT2D eigenvalue weighted by atomic mass is 10.0. The van der Waals surface area contributed by atoms with E-state index in [4.69, 9.17) is 0 Å². The van der Waals surface area contributed by atoms with E-state index in [0.29, 0.717) is 0 Å². The maximum Gasteiger partial charge on any atom is 0.0237 e. The van der Waals surface area contributed by atoms with Gasteiger partial charge in [0.25, 0.3) is 0 Å². The van der Waals surface area contributed by atoms with Gasteiger partial charge >= 0.3 is 0 Å². The number of likely N-dealkylation sites (tertiary alicyclic amines) is 1. The van der Waals surface area contributed by atoms with Crippen molar-refractivity contribution < 1.29 is 0 Å². The minimum atomic E-state index is 0.724. The van der Waals surface area contributed by atoms with Crippen molar-refractivity contribution in [1.29, 1.82) is 0 Å². The first-order valence-corrected chi connectivity index (χ1v) is 7.80. The van der Waals surface area contributed by atoms with Crippen molar-refractivity contribution >= 4 is 0 Å². The molecule has 1 aromatic carbocycles. The molecule has 19 heavy (non-hydrogen) atoms. The summed E-state index contributed by atoms with van der Waals surface area (Å²) in [6.45, 7) is 9.06. The molecule has 1 aromatic rings. The molecule has 1 atom stereocenters. The molecule has 2 nitrogen and oxygen atoms in total. The molecule has 106 valence electrons. The first-order chi connectivity index (χ1) is 9.29. The van der Waals surface area contributed by atoms with E-state index in [9.17, 15) is 0 Å². The molecule has 1 aliphatic heterocycles. The summed E-state index contributed by atoms with van der Waals surface area (Å²) in [5, 5.41) is 3.59. The Morgan fingerprint density at radius 2 is 2.00 bits per heavy atom. The van der Waals surface area contributed by atoms with Crippen LogP contribution < -0.4 is 5.32 Å². The maximum absolute atomic E-state index is 3.59. The van der Waals surface area contributed by atoms with Crippen molar-refractivity contribution in [1.82, 2.24) is 10.2 Å². The average Bonchev–Trinajstić information content (AvgIpc) is 2.43. The molecule has 0 bridgehead atoms. The zero-order valence-electron chi connectivity index (χ0n) is 12.5. The highest BCUT2D eigenvalue weighted by molar-refractivity contribution is 5.21. The molecule has 0 saturated carbocycles. The van der Waals surface area contributed by atoms with Gasteiger partial charge in [0, 0.05) is 19.1 Å². The van der Waals surface area contributed by atoms with Crippen molar-refractivity contribution in [3.05, 3.63) is 35.4 Å². The Balaban J connectivity index is 1.89. The predicted octanol–water partition coefficient (Wildman–Crippen LogP) is 3.35. The predicted molar refractivity (Wildman–Crippen MR) is 82.4 cm³/mol. The standard InChI is InChI=1S/C17H28N2/c1-3-11-18-13-17-6-4-5-12-19(17)14-16-9-7-15(2)8-10-16/h7-10,17-18H,3-6,11-14H2,1-2H3. The smallest absolute Gasteiger partial charge is 0.0237 e. The van der Waals surface area contributed by atoms with Gasteiger partial charge < -0.3 is 5.32 Å². The fraction of sp³-hybridized carbons (Fsp3) is 0.647. The zero-order valence-corrected chi connectivity index (χ0v) is 12.5. The highest BCUT2D eigenvalue weighted by Crippen LogP contribution is 2.19. The number of aryl methyl sites for hydroxylation is 1. The summed E-state index contributed by atoms with van der Waals surface area (Å²) in [6, 6.07) is 9.73. The lowest BCUT2D eigenvalue weighted by Crippen LogP contribution is -2.45. The van der Waals surface area contributed by atoms with Gasteiger partial charge in [-0.3, -0.25) is 4.90 Å². The lowest BCUT2D eigenvalue weighted by Gasteiger charge is -2.36. The van der Waals surface area contributed by atoms with Crippen LogP contribution in [0.15, 0.2) is 24.3 Å². The molecule has 1 aliphatic rings. The summed E-state index contributed by atoms with van der Waals surface area (Å²) in [5.41, 5.74) is 2.80. The van der Waals surface area contributed by atoms with Crippen molar-refractivity contribution in [3.8, 4) is 0 Å². The number of hydrogen-bond acceptors (Lipinski definition) is 2. The Morgan fingerprint density at radius 3 is 2.74 bits per heavy atom.